The maximum atomic E-state index is 10.2. The van der Waals surface area contributed by atoms with Crippen LogP contribution in [0.5, 0.6) is 0 Å². The van der Waals surface area contributed by atoms with E-state index in [-0.39, 0.29) is 32.3 Å². The Labute approximate surface area is 163 Å². The number of rotatable bonds is 4. The van der Waals surface area contributed by atoms with Crippen LogP contribution in [-0.2, 0) is 41.9 Å². The number of carbonyl (C=O) groups is 2. The van der Waals surface area contributed by atoms with Crippen molar-refractivity contribution in [1.29, 1.82) is 0 Å². The first-order chi connectivity index (χ1) is 10.4. The fraction of sp³-hybridized carbons (Fsp3) is 0.125. The van der Waals surface area contributed by atoms with E-state index in [9.17, 15) is 9.59 Å². The van der Waals surface area contributed by atoms with Gasteiger partial charge in [-0.2, -0.15) is 0 Å². The van der Waals surface area contributed by atoms with Gasteiger partial charge in [-0.05, 0) is 35.4 Å². The van der Waals surface area contributed by atoms with Crippen LogP contribution in [0.2, 0.25) is 0 Å². The van der Waals surface area contributed by atoms with Gasteiger partial charge in [0.05, 0.1) is 12.8 Å². The average molecular weight is 495 g/mol. The number of benzene rings is 2. The fourth-order valence-corrected chi connectivity index (χ4v) is 2.08. The molecule has 4 nitrogen and oxygen atoms in total. The molecule has 0 saturated heterocycles. The molecular weight excluding hydrogens is 481 g/mol. The summed E-state index contributed by atoms with van der Waals surface area (Å²) < 4.78 is 1.93. The molecule has 2 rings (SSSR count). The molecule has 0 aromatic heterocycles. The predicted octanol–water partition coefficient (Wildman–Crippen LogP) is 4.15. The molecule has 0 bridgehead atoms. The van der Waals surface area contributed by atoms with Crippen molar-refractivity contribution in [1.82, 2.24) is 0 Å². The third-order valence-corrected chi connectivity index (χ3v) is 3.59. The van der Waals surface area contributed by atoms with E-state index < -0.39 is 11.9 Å². The van der Waals surface area contributed by atoms with E-state index in [1.165, 1.54) is 0 Å². The number of aliphatic carboxylic acids is 2. The fourth-order valence-electron chi connectivity index (χ4n) is 1.55. The van der Waals surface area contributed by atoms with Crippen molar-refractivity contribution < 1.29 is 39.3 Å². The zero-order valence-electron chi connectivity index (χ0n) is 12.2. The van der Waals surface area contributed by atoms with E-state index in [0.717, 1.165) is 20.1 Å². The Morgan fingerprint density at radius 1 is 0.696 bits per heavy atom. The van der Waals surface area contributed by atoms with Gasteiger partial charge in [-0.3, -0.25) is 9.59 Å². The van der Waals surface area contributed by atoms with Gasteiger partial charge in [0.15, 0.2) is 0 Å². The van der Waals surface area contributed by atoms with Gasteiger partial charge in [-0.15, -0.1) is 0 Å². The largest absolute Gasteiger partial charge is 0.481 e. The van der Waals surface area contributed by atoms with Crippen molar-refractivity contribution in [2.75, 3.05) is 0 Å². The van der Waals surface area contributed by atoms with Crippen molar-refractivity contribution in [3.63, 3.8) is 0 Å². The maximum Gasteiger partial charge on any atom is 0.307 e. The zero-order valence-corrected chi connectivity index (χ0v) is 18.3. The Hall–Kier alpha value is -1.04. The predicted molar refractivity (Wildman–Crippen MR) is 91.0 cm³/mol. The summed E-state index contributed by atoms with van der Waals surface area (Å²) in [6.07, 6.45) is 0.181. The summed E-state index contributed by atoms with van der Waals surface area (Å²) in [6, 6.07) is 14.5. The van der Waals surface area contributed by atoms with Crippen LogP contribution in [-0.4, -0.2) is 22.2 Å². The third-order valence-electron chi connectivity index (χ3n) is 2.54. The van der Waals surface area contributed by atoms with Crippen LogP contribution in [0.15, 0.2) is 57.5 Å². The van der Waals surface area contributed by atoms with E-state index in [0.29, 0.717) is 0 Å². The second-order valence-electron chi connectivity index (χ2n) is 4.39. The number of carboxylic acids is 2. The number of halogens is 2. The van der Waals surface area contributed by atoms with Gasteiger partial charge in [-0.25, -0.2) is 0 Å². The number of hydrogen-bond donors (Lipinski definition) is 2. The van der Waals surface area contributed by atoms with Crippen molar-refractivity contribution in [2.45, 2.75) is 12.8 Å². The summed E-state index contributed by atoms with van der Waals surface area (Å²) in [7, 11) is 0. The number of hydrogen-bond acceptors (Lipinski definition) is 2. The summed E-state index contributed by atoms with van der Waals surface area (Å²) in [6.45, 7) is 0. The minimum Gasteiger partial charge on any atom is -0.481 e. The summed E-state index contributed by atoms with van der Waals surface area (Å²) in [4.78, 5) is 20.5. The average Bonchev–Trinajstić information content (AvgIpc) is 2.44. The molecule has 0 fully saturated rings. The molecule has 0 atom stereocenters. The Bertz CT molecular complexity index is 570. The van der Waals surface area contributed by atoms with Crippen LogP contribution in [0.25, 0.3) is 0 Å². The van der Waals surface area contributed by atoms with E-state index in [2.05, 4.69) is 31.9 Å². The number of carboxylic acid groups (broad SMARTS) is 2. The molecule has 0 spiro atoms. The van der Waals surface area contributed by atoms with E-state index in [4.69, 9.17) is 10.2 Å². The molecule has 7 heteroatoms. The molecule has 2 aromatic rings. The second kappa shape index (κ2) is 11.5. The molecule has 2 aromatic carbocycles. The van der Waals surface area contributed by atoms with Crippen LogP contribution in [0.3, 0.4) is 0 Å². The topological polar surface area (TPSA) is 74.6 Å². The van der Waals surface area contributed by atoms with Crippen LogP contribution in [0.1, 0.15) is 11.1 Å². The quantitative estimate of drug-likeness (QED) is 0.625. The standard InChI is InChI=1S/2C8H7BrO2.Zn/c2*9-7-3-1-6(2-4-7)5-8(10)11;/h2*1-4H,5H2,(H,10,11);. The van der Waals surface area contributed by atoms with Crippen molar-refractivity contribution in [3.05, 3.63) is 68.6 Å². The first kappa shape index (κ1) is 22.0. The van der Waals surface area contributed by atoms with Crippen LogP contribution < -0.4 is 0 Å². The smallest absolute Gasteiger partial charge is 0.307 e. The van der Waals surface area contributed by atoms with E-state index >= 15 is 0 Å². The normalized spacial score (nSPS) is 9.13. The van der Waals surface area contributed by atoms with Crippen LogP contribution >= 0.6 is 31.9 Å². The molecule has 0 radical (unpaired) electrons. The molecule has 0 aliphatic carbocycles. The Morgan fingerprint density at radius 3 is 1.17 bits per heavy atom. The van der Waals surface area contributed by atoms with Crippen LogP contribution in [0, 0.1) is 0 Å². The molecule has 118 valence electrons. The summed E-state index contributed by atoms with van der Waals surface area (Å²) in [5.41, 5.74) is 1.64. The molecule has 2 N–H and O–H groups in total. The minimum atomic E-state index is -0.799. The first-order valence-electron chi connectivity index (χ1n) is 6.29. The SMILES string of the molecule is O=C(O)Cc1ccc(Br)cc1.O=C(O)Cc1ccc(Br)cc1.[Zn]. The molecular formula is C16H14Br2O4Zn. The van der Waals surface area contributed by atoms with Gasteiger partial charge in [0.25, 0.3) is 0 Å². The van der Waals surface area contributed by atoms with E-state index in [1.54, 1.807) is 24.3 Å². The maximum absolute atomic E-state index is 10.2. The van der Waals surface area contributed by atoms with Gasteiger partial charge >= 0.3 is 11.9 Å². The first-order valence-corrected chi connectivity index (χ1v) is 7.88. The molecule has 0 saturated carbocycles. The van der Waals surface area contributed by atoms with Gasteiger partial charge in [0.1, 0.15) is 0 Å². The van der Waals surface area contributed by atoms with E-state index in [1.807, 2.05) is 24.3 Å². The second-order valence-corrected chi connectivity index (χ2v) is 6.23. The Kier molecular flexibility index (Phi) is 11.0. The molecule has 0 heterocycles. The molecule has 0 unspecified atom stereocenters. The van der Waals surface area contributed by atoms with Crippen LogP contribution in [0.4, 0.5) is 0 Å². The summed E-state index contributed by atoms with van der Waals surface area (Å²) >= 11 is 6.53. The Morgan fingerprint density at radius 2 is 0.957 bits per heavy atom. The molecule has 0 aliphatic rings. The van der Waals surface area contributed by atoms with Crippen molar-refractivity contribution in [2.24, 2.45) is 0 Å². The summed E-state index contributed by atoms with van der Waals surface area (Å²) in [5, 5.41) is 16.8. The third kappa shape index (κ3) is 10.4. The molecule has 23 heavy (non-hydrogen) atoms. The van der Waals surface area contributed by atoms with Crippen molar-refractivity contribution in [3.8, 4) is 0 Å². The molecule has 0 aliphatic heterocycles. The minimum absolute atomic E-state index is 0. The molecule has 0 amide bonds. The van der Waals surface area contributed by atoms with Gasteiger partial charge in [-0.1, -0.05) is 56.1 Å². The Balaban J connectivity index is 0.000000403. The van der Waals surface area contributed by atoms with Gasteiger partial charge < -0.3 is 10.2 Å². The van der Waals surface area contributed by atoms with Gasteiger partial charge in [0.2, 0.25) is 0 Å². The zero-order chi connectivity index (χ0) is 16.5. The monoisotopic (exact) mass is 492 g/mol. The van der Waals surface area contributed by atoms with Crippen molar-refractivity contribution >= 4 is 43.8 Å². The van der Waals surface area contributed by atoms with Gasteiger partial charge in [0, 0.05) is 28.4 Å². The summed E-state index contributed by atoms with van der Waals surface area (Å²) in [5.74, 6) is -1.60.